The maximum atomic E-state index is 4.31. The summed E-state index contributed by atoms with van der Waals surface area (Å²) in [5, 5.41) is 6.73. The van der Waals surface area contributed by atoms with E-state index in [0.717, 1.165) is 44.3 Å². The van der Waals surface area contributed by atoms with E-state index < -0.39 is 0 Å². The molecule has 0 aliphatic heterocycles. The van der Waals surface area contributed by atoms with Crippen LogP contribution in [0.25, 0.3) is 0 Å². The average Bonchev–Trinajstić information content (AvgIpc) is 2.53. The number of nitrogens with one attached hydrogen (secondary N) is 2. The predicted molar refractivity (Wildman–Crippen MR) is 90.9 cm³/mol. The van der Waals surface area contributed by atoms with E-state index in [2.05, 4.69) is 39.5 Å². The number of rotatable bonds is 9. The number of aromatic nitrogens is 1. The number of hydrogen-bond acceptors (Lipinski definition) is 3. The molecule has 0 unspecified atom stereocenters. The first-order chi connectivity index (χ1) is 10.3. The Hall–Kier alpha value is -1.78. The first-order valence-corrected chi connectivity index (χ1v) is 7.84. The maximum Gasteiger partial charge on any atom is 0.193 e. The first-order valence-electron chi connectivity index (χ1n) is 7.84. The zero-order valence-electron chi connectivity index (χ0n) is 13.6. The highest BCUT2D eigenvalue weighted by Gasteiger charge is 2.03. The van der Waals surface area contributed by atoms with Crippen molar-refractivity contribution in [3.63, 3.8) is 0 Å². The van der Waals surface area contributed by atoms with Crippen LogP contribution in [-0.4, -0.2) is 49.6 Å². The molecular formula is C16H29N5. The number of pyridine rings is 1. The molecule has 1 rings (SSSR count). The van der Waals surface area contributed by atoms with Crippen molar-refractivity contribution >= 4 is 11.8 Å². The molecule has 0 aliphatic carbocycles. The number of anilines is 1. The van der Waals surface area contributed by atoms with Gasteiger partial charge in [-0.25, -0.2) is 4.98 Å². The van der Waals surface area contributed by atoms with Crippen LogP contribution in [0, 0.1) is 0 Å². The zero-order valence-corrected chi connectivity index (χ0v) is 13.6. The summed E-state index contributed by atoms with van der Waals surface area (Å²) in [4.78, 5) is 10.7. The van der Waals surface area contributed by atoms with Crippen molar-refractivity contribution in [3.8, 4) is 0 Å². The Balaban J connectivity index is 2.09. The molecule has 2 N–H and O–H groups in total. The van der Waals surface area contributed by atoms with Crippen molar-refractivity contribution in [1.29, 1.82) is 0 Å². The van der Waals surface area contributed by atoms with Gasteiger partial charge in [-0.05, 0) is 31.4 Å². The fourth-order valence-corrected chi connectivity index (χ4v) is 2.02. The lowest BCUT2D eigenvalue weighted by atomic mass is 10.3. The van der Waals surface area contributed by atoms with Gasteiger partial charge in [-0.15, -0.1) is 0 Å². The van der Waals surface area contributed by atoms with Gasteiger partial charge in [0.15, 0.2) is 5.96 Å². The van der Waals surface area contributed by atoms with E-state index in [9.17, 15) is 0 Å². The average molecular weight is 291 g/mol. The summed E-state index contributed by atoms with van der Waals surface area (Å²) in [6.45, 7) is 5.16. The molecular weight excluding hydrogens is 262 g/mol. The Labute approximate surface area is 128 Å². The molecule has 0 radical (unpaired) electrons. The Bertz CT molecular complexity index is 391. The van der Waals surface area contributed by atoms with Crippen LogP contribution in [-0.2, 0) is 0 Å². The third-order valence-corrected chi connectivity index (χ3v) is 3.28. The second-order valence-corrected chi connectivity index (χ2v) is 5.10. The van der Waals surface area contributed by atoms with Crippen molar-refractivity contribution in [1.82, 2.24) is 15.2 Å². The molecule has 0 saturated carbocycles. The third kappa shape index (κ3) is 7.54. The highest BCUT2D eigenvalue weighted by atomic mass is 15.3. The number of nitrogens with zero attached hydrogens (tertiary/aromatic N) is 3. The van der Waals surface area contributed by atoms with Gasteiger partial charge >= 0.3 is 0 Å². The monoisotopic (exact) mass is 291 g/mol. The van der Waals surface area contributed by atoms with Gasteiger partial charge in [0.05, 0.1) is 0 Å². The Kier molecular flexibility index (Phi) is 9.00. The van der Waals surface area contributed by atoms with Crippen molar-refractivity contribution in [3.05, 3.63) is 24.4 Å². The minimum absolute atomic E-state index is 0.945. The van der Waals surface area contributed by atoms with E-state index in [1.807, 2.05) is 25.2 Å². The molecule has 21 heavy (non-hydrogen) atoms. The van der Waals surface area contributed by atoms with Crippen molar-refractivity contribution in [2.75, 3.05) is 39.0 Å². The smallest absolute Gasteiger partial charge is 0.193 e. The van der Waals surface area contributed by atoms with E-state index >= 15 is 0 Å². The molecule has 5 heteroatoms. The molecule has 0 spiro atoms. The Morgan fingerprint density at radius 2 is 2.05 bits per heavy atom. The van der Waals surface area contributed by atoms with Crippen LogP contribution in [0.15, 0.2) is 29.4 Å². The van der Waals surface area contributed by atoms with Gasteiger partial charge in [0.2, 0.25) is 0 Å². The molecule has 0 saturated heterocycles. The number of unbranched alkanes of at least 4 members (excludes halogenated alkanes) is 2. The van der Waals surface area contributed by atoms with Gasteiger partial charge < -0.3 is 15.5 Å². The maximum absolute atomic E-state index is 4.31. The van der Waals surface area contributed by atoms with Crippen LogP contribution in [0.2, 0.25) is 0 Å². The third-order valence-electron chi connectivity index (χ3n) is 3.28. The van der Waals surface area contributed by atoms with Crippen LogP contribution in [0.4, 0.5) is 5.82 Å². The molecule has 1 aromatic heterocycles. The molecule has 0 aromatic carbocycles. The molecule has 1 heterocycles. The van der Waals surface area contributed by atoms with Gasteiger partial charge in [-0.1, -0.05) is 19.4 Å². The lowest BCUT2D eigenvalue weighted by molar-refractivity contribution is 0.463. The normalized spacial score (nSPS) is 11.3. The SMILES string of the molecule is CCCCN(C)C(=NC)NCCCCNc1ccccn1. The second-order valence-electron chi connectivity index (χ2n) is 5.10. The van der Waals surface area contributed by atoms with Crippen LogP contribution in [0.3, 0.4) is 0 Å². The highest BCUT2D eigenvalue weighted by molar-refractivity contribution is 5.79. The molecule has 0 amide bonds. The van der Waals surface area contributed by atoms with E-state index in [1.165, 1.54) is 12.8 Å². The largest absolute Gasteiger partial charge is 0.370 e. The summed E-state index contributed by atoms with van der Waals surface area (Å²) < 4.78 is 0. The van der Waals surface area contributed by atoms with Crippen molar-refractivity contribution < 1.29 is 0 Å². The fourth-order valence-electron chi connectivity index (χ4n) is 2.02. The summed E-state index contributed by atoms with van der Waals surface area (Å²) in [6.07, 6.45) is 6.44. The summed E-state index contributed by atoms with van der Waals surface area (Å²) in [6, 6.07) is 5.91. The Morgan fingerprint density at radius 1 is 1.24 bits per heavy atom. The standard InChI is InChI=1S/C16H29N5/c1-4-5-14-21(3)16(17-2)20-13-9-8-12-19-15-10-6-7-11-18-15/h6-7,10-11H,4-5,8-9,12-14H2,1-3H3,(H,17,20)(H,18,19). The van der Waals surface area contributed by atoms with E-state index in [4.69, 9.17) is 0 Å². The van der Waals surface area contributed by atoms with Gasteiger partial charge in [-0.3, -0.25) is 4.99 Å². The number of hydrogen-bond donors (Lipinski definition) is 2. The van der Waals surface area contributed by atoms with Crippen LogP contribution in [0.1, 0.15) is 32.6 Å². The highest BCUT2D eigenvalue weighted by Crippen LogP contribution is 2.00. The molecule has 5 nitrogen and oxygen atoms in total. The molecule has 0 aliphatic rings. The summed E-state index contributed by atoms with van der Waals surface area (Å²) in [5.74, 6) is 1.93. The minimum Gasteiger partial charge on any atom is -0.370 e. The van der Waals surface area contributed by atoms with Gasteiger partial charge in [0, 0.05) is 39.9 Å². The lowest BCUT2D eigenvalue weighted by Gasteiger charge is -2.21. The lowest BCUT2D eigenvalue weighted by Crippen LogP contribution is -2.39. The summed E-state index contributed by atoms with van der Waals surface area (Å²) >= 11 is 0. The van der Waals surface area contributed by atoms with E-state index in [1.54, 1.807) is 6.20 Å². The molecule has 0 fully saturated rings. The van der Waals surface area contributed by atoms with Crippen molar-refractivity contribution in [2.24, 2.45) is 4.99 Å². The van der Waals surface area contributed by atoms with E-state index in [0.29, 0.717) is 0 Å². The fraction of sp³-hybridized carbons (Fsp3) is 0.625. The van der Waals surface area contributed by atoms with Gasteiger partial charge in [-0.2, -0.15) is 0 Å². The predicted octanol–water partition coefficient (Wildman–Crippen LogP) is 2.58. The molecule has 0 atom stereocenters. The first kappa shape index (κ1) is 17.3. The summed E-state index contributed by atoms with van der Waals surface area (Å²) in [5.41, 5.74) is 0. The van der Waals surface area contributed by atoms with Gasteiger partial charge in [0.1, 0.15) is 5.82 Å². The minimum atomic E-state index is 0.945. The number of aliphatic imine (C=N–C) groups is 1. The number of guanidine groups is 1. The molecule has 118 valence electrons. The molecule has 1 aromatic rings. The quantitative estimate of drug-likeness (QED) is 0.417. The summed E-state index contributed by atoms with van der Waals surface area (Å²) in [7, 11) is 3.93. The Morgan fingerprint density at radius 3 is 2.71 bits per heavy atom. The van der Waals surface area contributed by atoms with Crippen molar-refractivity contribution in [2.45, 2.75) is 32.6 Å². The second kappa shape index (κ2) is 10.9. The topological polar surface area (TPSA) is 52.5 Å². The van der Waals surface area contributed by atoms with E-state index in [-0.39, 0.29) is 0 Å². The molecule has 0 bridgehead atoms. The van der Waals surface area contributed by atoms with Crippen LogP contribution >= 0.6 is 0 Å². The van der Waals surface area contributed by atoms with Crippen LogP contribution in [0.5, 0.6) is 0 Å². The zero-order chi connectivity index (χ0) is 15.3. The van der Waals surface area contributed by atoms with Crippen LogP contribution < -0.4 is 10.6 Å². The van der Waals surface area contributed by atoms with Gasteiger partial charge in [0.25, 0.3) is 0 Å².